The van der Waals surface area contributed by atoms with E-state index >= 15 is 0 Å². The number of aryl methyl sites for hydroxylation is 1. The van der Waals surface area contributed by atoms with Crippen LogP contribution < -0.4 is 5.32 Å². The number of nitriles is 1. The van der Waals surface area contributed by atoms with Crippen LogP contribution in [-0.2, 0) is 4.79 Å². The minimum Gasteiger partial charge on any atom is -0.508 e. The smallest absolute Gasteiger partial charge is 0.266 e. The van der Waals surface area contributed by atoms with Crippen LogP contribution in [0.15, 0.2) is 46.4 Å². The van der Waals surface area contributed by atoms with E-state index in [2.05, 4.69) is 5.32 Å². The van der Waals surface area contributed by atoms with Crippen LogP contribution in [-0.4, -0.2) is 11.0 Å². The Bertz CT molecular complexity index is 691. The zero-order chi connectivity index (χ0) is 14.5. The molecule has 0 fully saturated rings. The van der Waals surface area contributed by atoms with Crippen LogP contribution in [0.3, 0.4) is 0 Å². The van der Waals surface area contributed by atoms with Gasteiger partial charge in [0, 0.05) is 11.8 Å². The third-order valence-electron chi connectivity index (χ3n) is 2.54. The zero-order valence-electron chi connectivity index (χ0n) is 10.8. The molecule has 0 saturated carbocycles. The summed E-state index contributed by atoms with van der Waals surface area (Å²) in [6.45, 7) is 1.78. The molecule has 1 amide bonds. The van der Waals surface area contributed by atoms with Crippen molar-refractivity contribution in [3.8, 4) is 11.8 Å². The summed E-state index contributed by atoms with van der Waals surface area (Å²) in [4.78, 5) is 11.9. The van der Waals surface area contributed by atoms with Crippen molar-refractivity contribution in [1.82, 2.24) is 0 Å². The number of anilines is 1. The number of carbonyl (C=O) groups is 1. The largest absolute Gasteiger partial charge is 0.508 e. The highest BCUT2D eigenvalue weighted by Gasteiger charge is 2.10. The summed E-state index contributed by atoms with van der Waals surface area (Å²) in [5.74, 6) is 0.713. The number of carbonyl (C=O) groups excluding carboxylic acids is 1. The van der Waals surface area contributed by atoms with Crippen LogP contribution in [0.25, 0.3) is 6.08 Å². The molecule has 20 heavy (non-hydrogen) atoms. The predicted molar refractivity (Wildman–Crippen MR) is 73.8 cm³/mol. The zero-order valence-corrected chi connectivity index (χ0v) is 10.8. The van der Waals surface area contributed by atoms with Crippen molar-refractivity contribution in [2.24, 2.45) is 0 Å². The lowest BCUT2D eigenvalue weighted by molar-refractivity contribution is -0.112. The predicted octanol–water partition coefficient (Wildman–Crippen LogP) is 2.84. The van der Waals surface area contributed by atoms with Gasteiger partial charge in [-0.3, -0.25) is 4.79 Å². The Morgan fingerprint density at radius 2 is 2.00 bits per heavy atom. The molecule has 0 aliphatic heterocycles. The Hall–Kier alpha value is -3.00. The van der Waals surface area contributed by atoms with Gasteiger partial charge in [-0.05, 0) is 43.3 Å². The van der Waals surface area contributed by atoms with Crippen molar-refractivity contribution in [3.63, 3.8) is 0 Å². The van der Waals surface area contributed by atoms with Gasteiger partial charge in [0.05, 0.1) is 0 Å². The molecular formula is C15H12N2O3. The monoisotopic (exact) mass is 268 g/mol. The average Bonchev–Trinajstić information content (AvgIpc) is 2.84. The van der Waals surface area contributed by atoms with Crippen LogP contribution in [0.2, 0.25) is 0 Å². The van der Waals surface area contributed by atoms with E-state index in [-0.39, 0.29) is 11.3 Å². The first-order chi connectivity index (χ1) is 9.58. The van der Waals surface area contributed by atoms with Crippen LogP contribution in [0.1, 0.15) is 11.5 Å². The lowest BCUT2D eigenvalue weighted by Crippen LogP contribution is -2.13. The van der Waals surface area contributed by atoms with Gasteiger partial charge in [-0.2, -0.15) is 5.26 Å². The molecule has 2 N–H and O–H groups in total. The molecule has 1 aromatic heterocycles. The maximum atomic E-state index is 11.9. The van der Waals surface area contributed by atoms with Crippen molar-refractivity contribution < 1.29 is 14.3 Å². The molecule has 0 radical (unpaired) electrons. The summed E-state index contributed by atoms with van der Waals surface area (Å²) in [6.07, 6.45) is 1.38. The highest BCUT2D eigenvalue weighted by molar-refractivity contribution is 6.09. The topological polar surface area (TPSA) is 86.3 Å². The van der Waals surface area contributed by atoms with Crippen LogP contribution >= 0.6 is 0 Å². The first-order valence-electron chi connectivity index (χ1n) is 5.87. The lowest BCUT2D eigenvalue weighted by Gasteiger charge is -2.03. The molecule has 0 saturated heterocycles. The molecule has 0 spiro atoms. The minimum atomic E-state index is -0.535. The van der Waals surface area contributed by atoms with Gasteiger partial charge in [0.25, 0.3) is 5.91 Å². The molecule has 2 rings (SSSR count). The van der Waals surface area contributed by atoms with Gasteiger partial charge in [-0.15, -0.1) is 0 Å². The Morgan fingerprint density at radius 3 is 2.55 bits per heavy atom. The maximum absolute atomic E-state index is 11.9. The molecule has 100 valence electrons. The van der Waals surface area contributed by atoms with E-state index in [1.54, 1.807) is 31.2 Å². The van der Waals surface area contributed by atoms with E-state index in [1.165, 1.54) is 18.2 Å². The van der Waals surface area contributed by atoms with Crippen LogP contribution in [0.5, 0.6) is 5.75 Å². The summed E-state index contributed by atoms with van der Waals surface area (Å²) < 4.78 is 5.29. The molecule has 1 heterocycles. The molecular weight excluding hydrogens is 256 g/mol. The quantitative estimate of drug-likeness (QED) is 0.509. The first-order valence-corrected chi connectivity index (χ1v) is 5.87. The van der Waals surface area contributed by atoms with E-state index in [4.69, 9.17) is 14.8 Å². The second-order valence-corrected chi connectivity index (χ2v) is 4.12. The van der Waals surface area contributed by atoms with E-state index in [1.807, 2.05) is 6.07 Å². The molecule has 2 aromatic rings. The van der Waals surface area contributed by atoms with Gasteiger partial charge in [0.2, 0.25) is 0 Å². The number of hydrogen-bond acceptors (Lipinski definition) is 4. The number of phenols is 1. The first kappa shape index (κ1) is 13.4. The molecule has 5 heteroatoms. The van der Waals surface area contributed by atoms with Crippen molar-refractivity contribution in [2.75, 3.05) is 5.32 Å². The second-order valence-electron chi connectivity index (χ2n) is 4.12. The standard InChI is InChI=1S/C15H12N2O3/c1-10-2-7-14(20-10)8-11(9-16)15(19)17-12-3-5-13(18)6-4-12/h2-8,18H,1H3,(H,17,19)/b11-8-. The third-order valence-corrected chi connectivity index (χ3v) is 2.54. The van der Waals surface area contributed by atoms with Gasteiger partial charge >= 0.3 is 0 Å². The number of benzene rings is 1. The van der Waals surface area contributed by atoms with Crippen molar-refractivity contribution in [1.29, 1.82) is 5.26 Å². The summed E-state index contributed by atoms with van der Waals surface area (Å²) in [6, 6.07) is 11.2. The Labute approximate surface area is 115 Å². The van der Waals surface area contributed by atoms with E-state index in [9.17, 15) is 4.79 Å². The van der Waals surface area contributed by atoms with Gasteiger partial charge in [-0.25, -0.2) is 0 Å². The lowest BCUT2D eigenvalue weighted by atomic mass is 10.2. The second kappa shape index (κ2) is 5.76. The molecule has 1 aromatic carbocycles. The van der Waals surface area contributed by atoms with Crippen molar-refractivity contribution in [3.05, 3.63) is 53.5 Å². The molecule has 0 bridgehead atoms. The molecule has 0 atom stereocenters. The third kappa shape index (κ3) is 3.27. The van der Waals surface area contributed by atoms with E-state index in [0.717, 1.165) is 0 Å². The highest BCUT2D eigenvalue weighted by Crippen LogP contribution is 2.16. The summed E-state index contributed by atoms with van der Waals surface area (Å²) >= 11 is 0. The van der Waals surface area contributed by atoms with Crippen LogP contribution in [0, 0.1) is 18.3 Å². The average molecular weight is 268 g/mol. The number of aromatic hydroxyl groups is 1. The van der Waals surface area contributed by atoms with Gasteiger partial charge < -0.3 is 14.8 Å². The van der Waals surface area contributed by atoms with Crippen molar-refractivity contribution in [2.45, 2.75) is 6.92 Å². The Balaban J connectivity index is 2.16. The van der Waals surface area contributed by atoms with Crippen molar-refractivity contribution >= 4 is 17.7 Å². The number of furan rings is 1. The van der Waals surface area contributed by atoms with Crippen LogP contribution in [0.4, 0.5) is 5.69 Å². The fraction of sp³-hybridized carbons (Fsp3) is 0.0667. The number of rotatable bonds is 3. The van der Waals surface area contributed by atoms with E-state index in [0.29, 0.717) is 17.2 Å². The number of phenolic OH excluding ortho intramolecular Hbond substituents is 1. The number of nitrogens with zero attached hydrogens (tertiary/aromatic N) is 1. The number of amides is 1. The van der Waals surface area contributed by atoms with E-state index < -0.39 is 5.91 Å². The molecule has 5 nitrogen and oxygen atoms in total. The summed E-state index contributed by atoms with van der Waals surface area (Å²) in [7, 11) is 0. The van der Waals surface area contributed by atoms with Gasteiger partial charge in [0.1, 0.15) is 28.9 Å². The number of nitrogens with one attached hydrogen (secondary N) is 1. The molecule has 0 aliphatic rings. The fourth-order valence-electron chi connectivity index (χ4n) is 1.57. The summed E-state index contributed by atoms with van der Waals surface area (Å²) in [5.41, 5.74) is 0.428. The fourth-order valence-corrected chi connectivity index (χ4v) is 1.57. The normalized spacial score (nSPS) is 10.9. The Morgan fingerprint density at radius 1 is 1.30 bits per heavy atom. The SMILES string of the molecule is Cc1ccc(/C=C(/C#N)C(=O)Nc2ccc(O)cc2)o1. The number of hydrogen-bond donors (Lipinski definition) is 2. The minimum absolute atomic E-state index is 0.0626. The van der Waals surface area contributed by atoms with Gasteiger partial charge in [-0.1, -0.05) is 0 Å². The summed E-state index contributed by atoms with van der Waals surface area (Å²) in [5, 5.41) is 20.7. The highest BCUT2D eigenvalue weighted by atomic mass is 16.3. The van der Waals surface area contributed by atoms with Gasteiger partial charge in [0.15, 0.2) is 0 Å². The molecule has 0 aliphatic carbocycles. The maximum Gasteiger partial charge on any atom is 0.266 e. The Kier molecular flexibility index (Phi) is 3.87. The molecule has 0 unspecified atom stereocenters.